The number of hydrogen-bond acceptors (Lipinski definition) is 5. The number of amides is 1. The Balaban J connectivity index is 1.88. The molecule has 7 nitrogen and oxygen atoms in total. The van der Waals surface area contributed by atoms with Gasteiger partial charge in [0.15, 0.2) is 0 Å². The van der Waals surface area contributed by atoms with Gasteiger partial charge in [0.1, 0.15) is 0 Å². The zero-order valence-electron chi connectivity index (χ0n) is 12.3. The molecule has 2 unspecified atom stereocenters. The van der Waals surface area contributed by atoms with Crippen LogP contribution in [0.15, 0.2) is 0 Å². The average molecular weight is 281 g/mol. The van der Waals surface area contributed by atoms with Crippen molar-refractivity contribution in [3.8, 4) is 0 Å². The smallest absolute Gasteiger partial charge is 0.238 e. The maximum absolute atomic E-state index is 12.1. The van der Waals surface area contributed by atoms with E-state index in [1.807, 2.05) is 20.8 Å². The Labute approximate surface area is 118 Å². The summed E-state index contributed by atoms with van der Waals surface area (Å²) in [5.74, 6) is -0.0390. The molecule has 1 aromatic heterocycles. The monoisotopic (exact) mass is 281 g/mol. The van der Waals surface area contributed by atoms with Gasteiger partial charge in [-0.15, -0.1) is 0 Å². The second-order valence-electron chi connectivity index (χ2n) is 5.36. The van der Waals surface area contributed by atoms with Crippen molar-refractivity contribution in [2.45, 2.75) is 32.9 Å². The number of carbonyl (C=O) groups is 1. The lowest BCUT2D eigenvalue weighted by molar-refractivity contribution is -0.119. The summed E-state index contributed by atoms with van der Waals surface area (Å²) in [4.78, 5) is 14.2. The highest BCUT2D eigenvalue weighted by Crippen LogP contribution is 2.16. The summed E-state index contributed by atoms with van der Waals surface area (Å²) in [5, 5.41) is 9.82. The molecular weight excluding hydrogens is 258 g/mol. The van der Waals surface area contributed by atoms with E-state index in [-0.39, 0.29) is 18.1 Å². The number of hydrogen-bond donors (Lipinski definition) is 3. The van der Waals surface area contributed by atoms with Crippen LogP contribution in [0.5, 0.6) is 0 Å². The number of carbonyl (C=O) groups excluding carboxylic acids is 1. The molecule has 0 aromatic carbocycles. The second kappa shape index (κ2) is 6.34. The minimum absolute atomic E-state index is 0.00560. The summed E-state index contributed by atoms with van der Waals surface area (Å²) >= 11 is 0. The Morgan fingerprint density at radius 3 is 3.00 bits per heavy atom. The van der Waals surface area contributed by atoms with Gasteiger partial charge in [0.25, 0.3) is 0 Å². The number of aromatic amines is 1. The Kier molecular flexibility index (Phi) is 4.74. The predicted molar refractivity (Wildman–Crippen MR) is 76.5 cm³/mol. The first kappa shape index (κ1) is 15.0. The molecule has 2 atom stereocenters. The molecule has 4 N–H and O–H groups in total. The molecule has 1 aliphatic heterocycles. The van der Waals surface area contributed by atoms with Crippen molar-refractivity contribution in [3.63, 3.8) is 0 Å². The average Bonchev–Trinajstić information content (AvgIpc) is 2.71. The van der Waals surface area contributed by atoms with Gasteiger partial charge in [-0.25, -0.2) is 0 Å². The first-order valence-electron chi connectivity index (χ1n) is 6.88. The van der Waals surface area contributed by atoms with Crippen molar-refractivity contribution in [1.29, 1.82) is 0 Å². The minimum Gasteiger partial charge on any atom is -0.374 e. The lowest BCUT2D eigenvalue weighted by Crippen LogP contribution is -2.51. The maximum Gasteiger partial charge on any atom is 0.238 e. The van der Waals surface area contributed by atoms with E-state index >= 15 is 0 Å². The van der Waals surface area contributed by atoms with E-state index in [4.69, 9.17) is 10.5 Å². The van der Waals surface area contributed by atoms with Gasteiger partial charge in [-0.3, -0.25) is 14.8 Å². The molecule has 2 heterocycles. The molecule has 0 bridgehead atoms. The van der Waals surface area contributed by atoms with Crippen molar-refractivity contribution >= 4 is 11.6 Å². The van der Waals surface area contributed by atoms with Gasteiger partial charge in [0.05, 0.1) is 36.3 Å². The zero-order valence-corrected chi connectivity index (χ0v) is 12.3. The van der Waals surface area contributed by atoms with Crippen LogP contribution in [0.4, 0.5) is 5.69 Å². The van der Waals surface area contributed by atoms with E-state index in [1.165, 1.54) is 0 Å². The van der Waals surface area contributed by atoms with Gasteiger partial charge in [0.2, 0.25) is 5.91 Å². The number of aromatic nitrogens is 2. The Bertz CT molecular complexity index is 452. The summed E-state index contributed by atoms with van der Waals surface area (Å²) in [6, 6.07) is -0.0285. The van der Waals surface area contributed by atoms with Crippen LogP contribution in [0.3, 0.4) is 0 Å². The summed E-state index contributed by atoms with van der Waals surface area (Å²) in [5.41, 5.74) is 8.28. The zero-order chi connectivity index (χ0) is 14.7. The largest absolute Gasteiger partial charge is 0.374 e. The van der Waals surface area contributed by atoms with Crippen molar-refractivity contribution < 1.29 is 9.53 Å². The summed E-state index contributed by atoms with van der Waals surface area (Å²) in [7, 11) is 0. The van der Waals surface area contributed by atoms with Crippen LogP contribution < -0.4 is 11.1 Å². The molecule has 0 radical (unpaired) electrons. The first-order valence-corrected chi connectivity index (χ1v) is 6.88. The topological polar surface area (TPSA) is 96.3 Å². The molecule has 1 aromatic rings. The van der Waals surface area contributed by atoms with E-state index < -0.39 is 0 Å². The van der Waals surface area contributed by atoms with E-state index in [1.54, 1.807) is 0 Å². The SMILES string of the molecule is Cc1n[nH]c(C)c1NC(=O)CN1CCOC(C(C)N)C1. The van der Waals surface area contributed by atoms with Crippen LogP contribution in [0, 0.1) is 13.8 Å². The number of nitrogens with two attached hydrogens (primary N) is 1. The van der Waals surface area contributed by atoms with Gasteiger partial charge in [-0.2, -0.15) is 5.10 Å². The third-order valence-electron chi connectivity index (χ3n) is 3.52. The molecule has 0 aliphatic carbocycles. The van der Waals surface area contributed by atoms with Crippen molar-refractivity contribution in [3.05, 3.63) is 11.4 Å². The minimum atomic E-state index is -0.0390. The quantitative estimate of drug-likeness (QED) is 0.722. The normalized spacial score (nSPS) is 21.7. The highest BCUT2D eigenvalue weighted by atomic mass is 16.5. The van der Waals surface area contributed by atoms with Gasteiger partial charge in [-0.05, 0) is 20.8 Å². The molecular formula is C13H23N5O2. The molecule has 0 spiro atoms. The highest BCUT2D eigenvalue weighted by Gasteiger charge is 2.25. The summed E-state index contributed by atoms with van der Waals surface area (Å²) < 4.78 is 5.58. The van der Waals surface area contributed by atoms with E-state index in [9.17, 15) is 4.79 Å². The van der Waals surface area contributed by atoms with Crippen LogP contribution in [0.1, 0.15) is 18.3 Å². The van der Waals surface area contributed by atoms with Crippen LogP contribution in [-0.2, 0) is 9.53 Å². The number of nitrogens with one attached hydrogen (secondary N) is 2. The van der Waals surface area contributed by atoms with E-state index in [0.29, 0.717) is 19.7 Å². The van der Waals surface area contributed by atoms with Crippen LogP contribution in [0.25, 0.3) is 0 Å². The fourth-order valence-corrected chi connectivity index (χ4v) is 2.31. The summed E-state index contributed by atoms with van der Waals surface area (Å²) in [6.07, 6.45) is -0.00560. The molecule has 1 aliphatic rings. The van der Waals surface area contributed by atoms with Crippen molar-refractivity contribution in [2.75, 3.05) is 31.6 Å². The van der Waals surface area contributed by atoms with Gasteiger partial charge in [0, 0.05) is 19.1 Å². The molecule has 1 fully saturated rings. The third-order valence-corrected chi connectivity index (χ3v) is 3.52. The first-order chi connectivity index (χ1) is 9.47. The number of aryl methyl sites for hydroxylation is 2. The molecule has 112 valence electrons. The molecule has 0 saturated carbocycles. The van der Waals surface area contributed by atoms with Gasteiger partial charge >= 0.3 is 0 Å². The number of nitrogens with zero attached hydrogens (tertiary/aromatic N) is 2. The molecule has 7 heteroatoms. The molecule has 1 saturated heterocycles. The van der Waals surface area contributed by atoms with Gasteiger partial charge in [-0.1, -0.05) is 0 Å². The Morgan fingerprint density at radius 2 is 2.40 bits per heavy atom. The number of H-pyrrole nitrogens is 1. The predicted octanol–water partition coefficient (Wildman–Crippen LogP) is 0.0130. The molecule has 20 heavy (non-hydrogen) atoms. The lowest BCUT2D eigenvalue weighted by atomic mass is 10.1. The maximum atomic E-state index is 12.1. The summed E-state index contributed by atoms with van der Waals surface area (Å²) in [6.45, 7) is 8.07. The Morgan fingerprint density at radius 1 is 1.65 bits per heavy atom. The fraction of sp³-hybridized carbons (Fsp3) is 0.692. The number of rotatable bonds is 4. The highest BCUT2D eigenvalue weighted by molar-refractivity contribution is 5.93. The van der Waals surface area contributed by atoms with E-state index in [2.05, 4.69) is 20.4 Å². The number of ether oxygens (including phenoxy) is 1. The molecule has 2 rings (SSSR count). The van der Waals surface area contributed by atoms with Crippen molar-refractivity contribution in [2.24, 2.45) is 5.73 Å². The van der Waals surface area contributed by atoms with E-state index in [0.717, 1.165) is 23.6 Å². The van der Waals surface area contributed by atoms with Crippen LogP contribution in [0.2, 0.25) is 0 Å². The number of morpholine rings is 1. The van der Waals surface area contributed by atoms with Gasteiger partial charge < -0.3 is 15.8 Å². The van der Waals surface area contributed by atoms with Crippen LogP contribution in [-0.4, -0.2) is 59.4 Å². The fourth-order valence-electron chi connectivity index (χ4n) is 2.31. The standard InChI is InChI=1S/C13H23N5O2/c1-8(14)11-6-18(4-5-20-11)7-12(19)15-13-9(2)16-17-10(13)3/h8,11H,4-7,14H2,1-3H3,(H,15,19)(H,16,17). The second-order valence-corrected chi connectivity index (χ2v) is 5.36. The van der Waals surface area contributed by atoms with Crippen molar-refractivity contribution in [1.82, 2.24) is 15.1 Å². The van der Waals surface area contributed by atoms with Crippen LogP contribution >= 0.6 is 0 Å². The Hall–Kier alpha value is -1.44. The number of anilines is 1. The third kappa shape index (κ3) is 3.56. The molecule has 1 amide bonds. The lowest BCUT2D eigenvalue weighted by Gasteiger charge is -2.34.